The summed E-state index contributed by atoms with van der Waals surface area (Å²) in [6.07, 6.45) is 2.16. The van der Waals surface area contributed by atoms with Crippen molar-refractivity contribution in [2.45, 2.75) is 38.3 Å². The molecule has 1 aliphatic rings. The second-order valence-electron chi connectivity index (χ2n) is 4.93. The smallest absolute Gasteiger partial charge is 0.234 e. The molecular weight excluding hydrogens is 220 g/mol. The van der Waals surface area contributed by atoms with Crippen LogP contribution >= 0.6 is 0 Å². The number of amides is 1. The predicted octanol–water partition coefficient (Wildman–Crippen LogP) is 0.296. The van der Waals surface area contributed by atoms with Crippen LogP contribution in [0.1, 0.15) is 26.7 Å². The van der Waals surface area contributed by atoms with Gasteiger partial charge >= 0.3 is 0 Å². The van der Waals surface area contributed by atoms with E-state index < -0.39 is 0 Å². The molecule has 17 heavy (non-hydrogen) atoms. The van der Waals surface area contributed by atoms with E-state index in [0.29, 0.717) is 13.2 Å². The second kappa shape index (κ2) is 6.93. The van der Waals surface area contributed by atoms with Crippen molar-refractivity contribution in [3.63, 3.8) is 0 Å². The normalized spacial score (nSPS) is 25.8. The Kier molecular flexibility index (Phi) is 5.88. The highest BCUT2D eigenvalue weighted by Crippen LogP contribution is 2.23. The minimum absolute atomic E-state index is 0.00357. The molecule has 5 heteroatoms. The molecule has 1 amide bonds. The molecule has 2 N–H and O–H groups in total. The van der Waals surface area contributed by atoms with Crippen molar-refractivity contribution in [1.82, 2.24) is 10.6 Å². The maximum Gasteiger partial charge on any atom is 0.234 e. The van der Waals surface area contributed by atoms with Crippen molar-refractivity contribution in [1.29, 1.82) is 0 Å². The van der Waals surface area contributed by atoms with Crippen molar-refractivity contribution in [3.8, 4) is 0 Å². The lowest BCUT2D eigenvalue weighted by Crippen LogP contribution is -2.44. The lowest BCUT2D eigenvalue weighted by molar-refractivity contribution is -0.121. The van der Waals surface area contributed by atoms with E-state index in [0.717, 1.165) is 26.0 Å². The van der Waals surface area contributed by atoms with Gasteiger partial charge in [0.25, 0.3) is 0 Å². The van der Waals surface area contributed by atoms with Gasteiger partial charge in [-0.3, -0.25) is 4.79 Å². The molecular formula is C12H24N2O3. The monoisotopic (exact) mass is 244 g/mol. The van der Waals surface area contributed by atoms with Gasteiger partial charge in [-0.25, -0.2) is 0 Å². The van der Waals surface area contributed by atoms with Crippen LogP contribution < -0.4 is 10.6 Å². The molecule has 1 fully saturated rings. The lowest BCUT2D eigenvalue weighted by Gasteiger charge is -2.23. The van der Waals surface area contributed by atoms with E-state index in [1.54, 1.807) is 7.11 Å². The molecule has 0 radical (unpaired) electrons. The van der Waals surface area contributed by atoms with Gasteiger partial charge in [-0.05, 0) is 26.7 Å². The number of hydrogen-bond acceptors (Lipinski definition) is 4. The Morgan fingerprint density at radius 2 is 2.35 bits per heavy atom. The standard InChI is InChI=1S/C12H24N2O3/c1-10(8-16-3)14-11(15)7-13-9-12(2)5-4-6-17-12/h10,13H,4-9H2,1-3H3,(H,14,15). The van der Waals surface area contributed by atoms with Gasteiger partial charge in [0.15, 0.2) is 0 Å². The predicted molar refractivity (Wildman–Crippen MR) is 65.9 cm³/mol. The van der Waals surface area contributed by atoms with Gasteiger partial charge in [-0.2, -0.15) is 0 Å². The van der Waals surface area contributed by atoms with E-state index in [1.165, 1.54) is 0 Å². The van der Waals surface area contributed by atoms with E-state index >= 15 is 0 Å². The van der Waals surface area contributed by atoms with Crippen LogP contribution in [0, 0.1) is 0 Å². The van der Waals surface area contributed by atoms with Crippen LogP contribution in [-0.2, 0) is 14.3 Å². The van der Waals surface area contributed by atoms with Gasteiger partial charge in [-0.1, -0.05) is 0 Å². The van der Waals surface area contributed by atoms with Gasteiger partial charge in [0.1, 0.15) is 0 Å². The van der Waals surface area contributed by atoms with E-state index in [1.807, 2.05) is 6.92 Å². The topological polar surface area (TPSA) is 59.6 Å². The van der Waals surface area contributed by atoms with Gasteiger partial charge in [-0.15, -0.1) is 0 Å². The Hall–Kier alpha value is -0.650. The van der Waals surface area contributed by atoms with Crippen molar-refractivity contribution >= 4 is 5.91 Å². The zero-order chi connectivity index (χ0) is 12.7. The zero-order valence-corrected chi connectivity index (χ0v) is 11.0. The summed E-state index contributed by atoms with van der Waals surface area (Å²) in [4.78, 5) is 11.5. The first kappa shape index (κ1) is 14.4. The first-order chi connectivity index (χ1) is 8.06. The Balaban J connectivity index is 2.11. The summed E-state index contributed by atoms with van der Waals surface area (Å²) in [6, 6.07) is 0.0487. The van der Waals surface area contributed by atoms with Crippen LogP contribution in [0.4, 0.5) is 0 Å². The SMILES string of the molecule is COCC(C)NC(=O)CNCC1(C)CCCO1. The zero-order valence-electron chi connectivity index (χ0n) is 11.0. The lowest BCUT2D eigenvalue weighted by atomic mass is 10.0. The molecule has 2 atom stereocenters. The molecule has 1 rings (SSSR count). The summed E-state index contributed by atoms with van der Waals surface area (Å²) in [7, 11) is 1.62. The van der Waals surface area contributed by atoms with Crippen LogP contribution in [0.25, 0.3) is 0 Å². The minimum atomic E-state index is -0.0988. The van der Waals surface area contributed by atoms with Crippen LogP contribution in [-0.4, -0.2) is 51.0 Å². The molecule has 100 valence electrons. The van der Waals surface area contributed by atoms with Crippen LogP contribution in [0.3, 0.4) is 0 Å². The second-order valence-corrected chi connectivity index (χ2v) is 4.93. The Morgan fingerprint density at radius 1 is 1.59 bits per heavy atom. The van der Waals surface area contributed by atoms with Crippen LogP contribution in [0.2, 0.25) is 0 Å². The quantitative estimate of drug-likeness (QED) is 0.676. The maximum absolute atomic E-state index is 11.5. The number of nitrogens with one attached hydrogen (secondary N) is 2. The molecule has 0 spiro atoms. The summed E-state index contributed by atoms with van der Waals surface area (Å²) in [5.74, 6) is -0.00357. The molecule has 0 aromatic rings. The van der Waals surface area contributed by atoms with Gasteiger partial charge in [0.05, 0.1) is 18.8 Å². The third kappa shape index (κ3) is 5.48. The fourth-order valence-electron chi connectivity index (χ4n) is 2.03. The van der Waals surface area contributed by atoms with Crippen LogP contribution in [0.15, 0.2) is 0 Å². The average Bonchev–Trinajstić information content (AvgIpc) is 2.65. The number of rotatable bonds is 7. The molecule has 0 bridgehead atoms. The third-order valence-electron chi connectivity index (χ3n) is 2.91. The molecule has 0 aromatic carbocycles. The minimum Gasteiger partial charge on any atom is -0.383 e. The highest BCUT2D eigenvalue weighted by molar-refractivity contribution is 5.78. The Bertz CT molecular complexity index is 240. The summed E-state index contributed by atoms with van der Waals surface area (Å²) >= 11 is 0. The van der Waals surface area contributed by atoms with Crippen molar-refractivity contribution in [3.05, 3.63) is 0 Å². The Morgan fingerprint density at radius 3 is 2.94 bits per heavy atom. The third-order valence-corrected chi connectivity index (χ3v) is 2.91. The summed E-state index contributed by atoms with van der Waals surface area (Å²) in [5, 5.41) is 5.99. The Labute approximate surface area is 103 Å². The first-order valence-electron chi connectivity index (χ1n) is 6.19. The molecule has 2 unspecified atom stereocenters. The summed E-state index contributed by atoms with van der Waals surface area (Å²) in [5.41, 5.74) is -0.0988. The van der Waals surface area contributed by atoms with E-state index in [9.17, 15) is 4.79 Å². The number of carbonyl (C=O) groups is 1. The fraction of sp³-hybridized carbons (Fsp3) is 0.917. The summed E-state index contributed by atoms with van der Waals surface area (Å²) in [6.45, 7) is 6.41. The molecule has 0 aliphatic carbocycles. The first-order valence-corrected chi connectivity index (χ1v) is 6.19. The van der Waals surface area contributed by atoms with Crippen molar-refractivity contribution in [2.75, 3.05) is 33.4 Å². The molecule has 1 aliphatic heterocycles. The summed E-state index contributed by atoms with van der Waals surface area (Å²) < 4.78 is 10.6. The van der Waals surface area contributed by atoms with Gasteiger partial charge < -0.3 is 20.1 Å². The highest BCUT2D eigenvalue weighted by atomic mass is 16.5. The number of methoxy groups -OCH3 is 1. The highest BCUT2D eigenvalue weighted by Gasteiger charge is 2.29. The average molecular weight is 244 g/mol. The number of ether oxygens (including phenoxy) is 2. The van der Waals surface area contributed by atoms with Crippen molar-refractivity contribution in [2.24, 2.45) is 0 Å². The number of carbonyl (C=O) groups excluding carboxylic acids is 1. The molecule has 0 aromatic heterocycles. The van der Waals surface area contributed by atoms with E-state index in [4.69, 9.17) is 9.47 Å². The molecule has 5 nitrogen and oxygen atoms in total. The molecule has 1 saturated heterocycles. The van der Waals surface area contributed by atoms with Crippen LogP contribution in [0.5, 0.6) is 0 Å². The van der Waals surface area contributed by atoms with E-state index in [2.05, 4.69) is 17.6 Å². The van der Waals surface area contributed by atoms with Gasteiger partial charge in [0.2, 0.25) is 5.91 Å². The molecule has 1 heterocycles. The number of hydrogen-bond donors (Lipinski definition) is 2. The van der Waals surface area contributed by atoms with Crippen molar-refractivity contribution < 1.29 is 14.3 Å². The largest absolute Gasteiger partial charge is 0.383 e. The van der Waals surface area contributed by atoms with E-state index in [-0.39, 0.29) is 17.6 Å². The molecule has 0 saturated carbocycles. The maximum atomic E-state index is 11.5. The van der Waals surface area contributed by atoms with Gasteiger partial charge in [0, 0.05) is 26.3 Å². The fourth-order valence-corrected chi connectivity index (χ4v) is 2.03.